The van der Waals surface area contributed by atoms with Crippen molar-refractivity contribution in [3.63, 3.8) is 0 Å². The third-order valence-electron chi connectivity index (χ3n) is 2.31. The van der Waals surface area contributed by atoms with Gasteiger partial charge in [0.15, 0.2) is 0 Å². The number of hydrogen-bond acceptors (Lipinski definition) is 3. The Morgan fingerprint density at radius 3 is 2.50 bits per heavy atom. The van der Waals surface area contributed by atoms with Crippen LogP contribution in [0.3, 0.4) is 0 Å². The van der Waals surface area contributed by atoms with Crippen molar-refractivity contribution in [2.24, 2.45) is 0 Å². The Balaban J connectivity index is 2.29. The van der Waals surface area contributed by atoms with Gasteiger partial charge in [-0.2, -0.15) is 0 Å². The Morgan fingerprint density at radius 2 is 1.94 bits per heavy atom. The summed E-state index contributed by atoms with van der Waals surface area (Å²) < 4.78 is 0. The summed E-state index contributed by atoms with van der Waals surface area (Å²) in [7, 11) is 1.94. The van der Waals surface area contributed by atoms with Gasteiger partial charge in [0.25, 0.3) is 0 Å². The van der Waals surface area contributed by atoms with Crippen LogP contribution in [-0.2, 0) is 6.54 Å². The summed E-state index contributed by atoms with van der Waals surface area (Å²) in [6, 6.07) is 6.95. The van der Waals surface area contributed by atoms with Crippen molar-refractivity contribution in [2.75, 3.05) is 20.1 Å². The molecule has 0 aliphatic heterocycles. The molecule has 3 N–H and O–H groups in total. The molecule has 0 radical (unpaired) electrons. The lowest BCUT2D eigenvalue weighted by Crippen LogP contribution is -2.19. The summed E-state index contributed by atoms with van der Waals surface area (Å²) in [6.45, 7) is 2.75. The lowest BCUT2D eigenvalue weighted by molar-refractivity contribution is 0.0697. The van der Waals surface area contributed by atoms with Crippen molar-refractivity contribution in [1.29, 1.82) is 0 Å². The van der Waals surface area contributed by atoms with Gasteiger partial charge in [-0.25, -0.2) is 4.79 Å². The van der Waals surface area contributed by atoms with Gasteiger partial charge in [0, 0.05) is 6.54 Å². The molecule has 0 aromatic heterocycles. The first-order valence-corrected chi connectivity index (χ1v) is 5.41. The normalized spacial score (nSPS) is 10.3. The molecule has 4 heteroatoms. The van der Waals surface area contributed by atoms with Crippen molar-refractivity contribution in [3.8, 4) is 0 Å². The number of carboxylic acid groups (broad SMARTS) is 1. The summed E-state index contributed by atoms with van der Waals surface area (Å²) in [6.07, 6.45) is 1.09. The smallest absolute Gasteiger partial charge is 0.335 e. The Labute approximate surface area is 95.7 Å². The third-order valence-corrected chi connectivity index (χ3v) is 2.31. The molecule has 0 aliphatic carbocycles. The molecule has 4 nitrogen and oxygen atoms in total. The van der Waals surface area contributed by atoms with E-state index in [1.807, 2.05) is 19.2 Å². The second kappa shape index (κ2) is 6.98. The average molecular weight is 222 g/mol. The van der Waals surface area contributed by atoms with E-state index in [-0.39, 0.29) is 0 Å². The molecule has 0 bridgehead atoms. The molecule has 1 rings (SSSR count). The van der Waals surface area contributed by atoms with Crippen LogP contribution in [0.4, 0.5) is 0 Å². The van der Waals surface area contributed by atoms with Crippen LogP contribution in [0, 0.1) is 0 Å². The number of nitrogens with one attached hydrogen (secondary N) is 2. The zero-order chi connectivity index (χ0) is 11.8. The molecule has 1 aromatic carbocycles. The summed E-state index contributed by atoms with van der Waals surface area (Å²) in [5, 5.41) is 15.1. The van der Waals surface area contributed by atoms with Crippen LogP contribution in [0.5, 0.6) is 0 Å². The van der Waals surface area contributed by atoms with E-state index >= 15 is 0 Å². The molecule has 0 amide bonds. The third kappa shape index (κ3) is 4.42. The maximum atomic E-state index is 10.6. The number of rotatable bonds is 7. The van der Waals surface area contributed by atoms with E-state index in [0.717, 1.165) is 31.6 Å². The van der Waals surface area contributed by atoms with Crippen LogP contribution in [-0.4, -0.2) is 31.2 Å². The summed E-state index contributed by atoms with van der Waals surface area (Å²) in [5.41, 5.74) is 1.44. The number of benzene rings is 1. The molecule has 0 spiro atoms. The van der Waals surface area contributed by atoms with E-state index in [4.69, 9.17) is 5.11 Å². The molecule has 0 heterocycles. The zero-order valence-electron chi connectivity index (χ0n) is 9.49. The predicted octanol–water partition coefficient (Wildman–Crippen LogP) is 1.08. The van der Waals surface area contributed by atoms with Crippen LogP contribution >= 0.6 is 0 Å². The van der Waals surface area contributed by atoms with Crippen molar-refractivity contribution in [1.82, 2.24) is 10.6 Å². The maximum Gasteiger partial charge on any atom is 0.335 e. The van der Waals surface area contributed by atoms with Crippen LogP contribution in [0.2, 0.25) is 0 Å². The van der Waals surface area contributed by atoms with Crippen molar-refractivity contribution >= 4 is 5.97 Å². The van der Waals surface area contributed by atoms with Gasteiger partial charge in [0.05, 0.1) is 5.56 Å². The quantitative estimate of drug-likeness (QED) is 0.604. The highest BCUT2D eigenvalue weighted by Crippen LogP contribution is 2.03. The highest BCUT2D eigenvalue weighted by molar-refractivity contribution is 5.87. The first kappa shape index (κ1) is 12.7. The molecular formula is C12H18N2O2. The van der Waals surface area contributed by atoms with Gasteiger partial charge in [-0.1, -0.05) is 12.1 Å². The summed E-state index contributed by atoms with van der Waals surface area (Å²) >= 11 is 0. The largest absolute Gasteiger partial charge is 0.478 e. The van der Waals surface area contributed by atoms with Gasteiger partial charge in [0.1, 0.15) is 0 Å². The van der Waals surface area contributed by atoms with E-state index in [2.05, 4.69) is 10.6 Å². The van der Waals surface area contributed by atoms with Crippen molar-refractivity contribution in [2.45, 2.75) is 13.0 Å². The molecule has 0 fully saturated rings. The topological polar surface area (TPSA) is 61.4 Å². The zero-order valence-corrected chi connectivity index (χ0v) is 9.49. The fraction of sp³-hybridized carbons (Fsp3) is 0.417. The van der Waals surface area contributed by atoms with Gasteiger partial charge < -0.3 is 15.7 Å². The summed E-state index contributed by atoms with van der Waals surface area (Å²) in [4.78, 5) is 10.6. The molecule has 16 heavy (non-hydrogen) atoms. The summed E-state index contributed by atoms with van der Waals surface area (Å²) in [5.74, 6) is -0.881. The van der Waals surface area contributed by atoms with Gasteiger partial charge in [0.2, 0.25) is 0 Å². The fourth-order valence-electron chi connectivity index (χ4n) is 1.39. The first-order chi connectivity index (χ1) is 7.74. The average Bonchev–Trinajstić information content (AvgIpc) is 2.29. The highest BCUT2D eigenvalue weighted by Gasteiger charge is 2.00. The molecule has 0 unspecified atom stereocenters. The minimum Gasteiger partial charge on any atom is -0.478 e. The standard InChI is InChI=1S/C12H18N2O2/c1-13-7-2-8-14-9-10-3-5-11(6-4-10)12(15)16/h3-6,13-14H,2,7-9H2,1H3,(H,15,16). The van der Waals surface area contributed by atoms with Gasteiger partial charge in [-0.3, -0.25) is 0 Å². The number of hydrogen-bond donors (Lipinski definition) is 3. The van der Waals surface area contributed by atoms with E-state index in [9.17, 15) is 4.79 Å². The van der Waals surface area contributed by atoms with Crippen LogP contribution < -0.4 is 10.6 Å². The van der Waals surface area contributed by atoms with Crippen LogP contribution in [0.1, 0.15) is 22.3 Å². The van der Waals surface area contributed by atoms with Gasteiger partial charge >= 0.3 is 5.97 Å². The van der Waals surface area contributed by atoms with E-state index in [1.165, 1.54) is 0 Å². The van der Waals surface area contributed by atoms with Crippen LogP contribution in [0.25, 0.3) is 0 Å². The molecule has 88 valence electrons. The Morgan fingerprint density at radius 1 is 1.25 bits per heavy atom. The molecule has 1 aromatic rings. The molecule has 0 aliphatic rings. The first-order valence-electron chi connectivity index (χ1n) is 5.41. The lowest BCUT2D eigenvalue weighted by Gasteiger charge is -2.05. The Bertz CT molecular complexity index is 322. The SMILES string of the molecule is CNCCCNCc1ccc(C(=O)O)cc1. The second-order valence-corrected chi connectivity index (χ2v) is 3.64. The number of carboxylic acids is 1. The maximum absolute atomic E-state index is 10.6. The molecule has 0 saturated carbocycles. The van der Waals surface area contributed by atoms with E-state index in [1.54, 1.807) is 12.1 Å². The van der Waals surface area contributed by atoms with Crippen molar-refractivity contribution in [3.05, 3.63) is 35.4 Å². The van der Waals surface area contributed by atoms with E-state index < -0.39 is 5.97 Å². The number of aromatic carboxylic acids is 1. The van der Waals surface area contributed by atoms with E-state index in [0.29, 0.717) is 5.56 Å². The monoisotopic (exact) mass is 222 g/mol. The fourth-order valence-corrected chi connectivity index (χ4v) is 1.39. The van der Waals surface area contributed by atoms with Crippen LogP contribution in [0.15, 0.2) is 24.3 Å². The number of carbonyl (C=O) groups is 1. The lowest BCUT2D eigenvalue weighted by atomic mass is 10.1. The van der Waals surface area contributed by atoms with Gasteiger partial charge in [-0.05, 0) is 44.3 Å². The minimum absolute atomic E-state index is 0.332. The minimum atomic E-state index is -0.881. The predicted molar refractivity (Wildman–Crippen MR) is 63.7 cm³/mol. The molecular weight excluding hydrogens is 204 g/mol. The second-order valence-electron chi connectivity index (χ2n) is 3.64. The van der Waals surface area contributed by atoms with Crippen molar-refractivity contribution < 1.29 is 9.90 Å². The molecule has 0 saturated heterocycles. The van der Waals surface area contributed by atoms with Gasteiger partial charge in [-0.15, -0.1) is 0 Å². The Kier molecular flexibility index (Phi) is 5.53. The highest BCUT2D eigenvalue weighted by atomic mass is 16.4. The molecule has 0 atom stereocenters. The Hall–Kier alpha value is -1.39.